The lowest BCUT2D eigenvalue weighted by Crippen LogP contribution is -2.48. The van der Waals surface area contributed by atoms with E-state index in [-0.39, 0.29) is 11.3 Å². The topological polar surface area (TPSA) is 81.1 Å². The van der Waals surface area contributed by atoms with E-state index < -0.39 is 12.0 Å². The van der Waals surface area contributed by atoms with Crippen LogP contribution in [0.25, 0.3) is 0 Å². The predicted octanol–water partition coefficient (Wildman–Crippen LogP) is 2.46. The number of nitrogens with zero attached hydrogens (tertiary/aromatic N) is 2. The van der Waals surface area contributed by atoms with E-state index in [0.29, 0.717) is 37.6 Å². The minimum atomic E-state index is -0.894. The first-order valence-electron chi connectivity index (χ1n) is 9.85. The van der Waals surface area contributed by atoms with Crippen LogP contribution in [0, 0.1) is 5.92 Å². The van der Waals surface area contributed by atoms with Gasteiger partial charge in [-0.3, -0.25) is 4.79 Å². The Balaban J connectivity index is 1.55. The van der Waals surface area contributed by atoms with Crippen LogP contribution in [0.5, 0.6) is 5.75 Å². The van der Waals surface area contributed by atoms with E-state index in [1.807, 2.05) is 12.1 Å². The van der Waals surface area contributed by atoms with Crippen molar-refractivity contribution in [2.24, 2.45) is 5.92 Å². The standard InChI is InChI=1S/C21H30N2O4/c1-15-14-22(11-8-19(25)23-10-4-7-18(23)20(26)27)12-9-21(15,2)16-5-3-6-17(24)13-16/h3,5-6,13,15,18,24H,4,7-12,14H2,1-2H3,(H,26,27). The third-order valence-electron chi connectivity index (χ3n) is 6.57. The summed E-state index contributed by atoms with van der Waals surface area (Å²) in [6.07, 6.45) is 2.67. The van der Waals surface area contributed by atoms with Crippen molar-refractivity contribution in [1.29, 1.82) is 0 Å². The van der Waals surface area contributed by atoms with Crippen molar-refractivity contribution < 1.29 is 19.8 Å². The number of carbonyl (C=O) groups excluding carboxylic acids is 1. The molecule has 2 N–H and O–H groups in total. The summed E-state index contributed by atoms with van der Waals surface area (Å²) >= 11 is 0. The van der Waals surface area contributed by atoms with Crippen LogP contribution >= 0.6 is 0 Å². The number of phenolic OH excluding ortho intramolecular Hbond substituents is 1. The highest BCUT2D eigenvalue weighted by molar-refractivity contribution is 5.84. The molecule has 1 aromatic rings. The molecule has 3 unspecified atom stereocenters. The summed E-state index contributed by atoms with van der Waals surface area (Å²) in [6, 6.07) is 6.87. The van der Waals surface area contributed by atoms with Crippen molar-refractivity contribution >= 4 is 11.9 Å². The minimum Gasteiger partial charge on any atom is -0.508 e. The second kappa shape index (κ2) is 7.89. The molecule has 6 heteroatoms. The zero-order chi connectivity index (χ0) is 19.6. The Morgan fingerprint density at radius 3 is 2.74 bits per heavy atom. The van der Waals surface area contributed by atoms with Gasteiger partial charge in [0.25, 0.3) is 0 Å². The summed E-state index contributed by atoms with van der Waals surface area (Å²) in [5.74, 6) is -0.252. The molecule has 2 saturated heterocycles. The first-order valence-corrected chi connectivity index (χ1v) is 9.85. The van der Waals surface area contributed by atoms with Gasteiger partial charge in [0.1, 0.15) is 11.8 Å². The highest BCUT2D eigenvalue weighted by Crippen LogP contribution is 2.40. The number of aliphatic carboxylic acids is 1. The van der Waals surface area contributed by atoms with Crippen molar-refractivity contribution in [3.8, 4) is 5.75 Å². The van der Waals surface area contributed by atoms with Crippen molar-refractivity contribution in [2.45, 2.75) is 51.0 Å². The van der Waals surface area contributed by atoms with E-state index in [1.54, 1.807) is 6.07 Å². The number of aromatic hydroxyl groups is 1. The first-order chi connectivity index (χ1) is 12.8. The quantitative estimate of drug-likeness (QED) is 0.827. The fraction of sp³-hybridized carbons (Fsp3) is 0.619. The number of likely N-dealkylation sites (tertiary alicyclic amines) is 2. The molecule has 0 aliphatic carbocycles. The number of carbonyl (C=O) groups is 2. The van der Waals surface area contributed by atoms with Crippen LogP contribution in [-0.4, -0.2) is 64.1 Å². The van der Waals surface area contributed by atoms with Gasteiger partial charge in [-0.25, -0.2) is 4.79 Å². The van der Waals surface area contributed by atoms with Gasteiger partial charge in [0, 0.05) is 26.1 Å². The smallest absolute Gasteiger partial charge is 0.326 e. The number of benzene rings is 1. The van der Waals surface area contributed by atoms with Gasteiger partial charge < -0.3 is 20.0 Å². The maximum Gasteiger partial charge on any atom is 0.326 e. The monoisotopic (exact) mass is 374 g/mol. The molecule has 2 heterocycles. The fourth-order valence-corrected chi connectivity index (χ4v) is 4.53. The molecule has 1 aromatic carbocycles. The number of carboxylic acids is 1. The second-order valence-corrected chi connectivity index (χ2v) is 8.25. The molecule has 3 rings (SSSR count). The summed E-state index contributed by atoms with van der Waals surface area (Å²) < 4.78 is 0. The molecule has 0 bridgehead atoms. The Morgan fingerprint density at radius 1 is 1.30 bits per heavy atom. The Kier molecular flexibility index (Phi) is 5.75. The number of hydrogen-bond acceptors (Lipinski definition) is 4. The highest BCUT2D eigenvalue weighted by Gasteiger charge is 2.39. The summed E-state index contributed by atoms with van der Waals surface area (Å²) in [4.78, 5) is 27.6. The lowest BCUT2D eigenvalue weighted by molar-refractivity contribution is -0.148. The molecule has 27 heavy (non-hydrogen) atoms. The number of carboxylic acid groups (broad SMARTS) is 1. The average molecular weight is 374 g/mol. The van der Waals surface area contributed by atoms with E-state index in [1.165, 1.54) is 4.90 Å². The molecule has 0 spiro atoms. The molecule has 1 amide bonds. The van der Waals surface area contributed by atoms with Gasteiger partial charge in [-0.2, -0.15) is 0 Å². The molecular weight excluding hydrogens is 344 g/mol. The average Bonchev–Trinajstić information content (AvgIpc) is 3.13. The van der Waals surface area contributed by atoms with Gasteiger partial charge in [-0.15, -0.1) is 0 Å². The van der Waals surface area contributed by atoms with Crippen molar-refractivity contribution in [3.63, 3.8) is 0 Å². The Bertz CT molecular complexity index is 707. The number of hydrogen-bond donors (Lipinski definition) is 2. The van der Waals surface area contributed by atoms with E-state index in [4.69, 9.17) is 0 Å². The number of amides is 1. The second-order valence-electron chi connectivity index (χ2n) is 8.25. The zero-order valence-corrected chi connectivity index (χ0v) is 16.2. The lowest BCUT2D eigenvalue weighted by atomic mass is 9.68. The Labute approximate surface area is 160 Å². The number of rotatable bonds is 5. The summed E-state index contributed by atoms with van der Waals surface area (Å²) in [7, 11) is 0. The van der Waals surface area contributed by atoms with Crippen LogP contribution in [0.4, 0.5) is 0 Å². The maximum atomic E-state index is 12.5. The normalized spacial score (nSPS) is 29.0. The maximum absolute atomic E-state index is 12.5. The van der Waals surface area contributed by atoms with Crippen molar-refractivity contribution in [2.75, 3.05) is 26.2 Å². The fourth-order valence-electron chi connectivity index (χ4n) is 4.53. The predicted molar refractivity (Wildman–Crippen MR) is 103 cm³/mol. The van der Waals surface area contributed by atoms with Crippen molar-refractivity contribution in [1.82, 2.24) is 9.80 Å². The Morgan fingerprint density at radius 2 is 2.07 bits per heavy atom. The number of piperidine rings is 1. The van der Waals surface area contributed by atoms with Gasteiger partial charge in [0.2, 0.25) is 5.91 Å². The number of phenols is 1. The van der Waals surface area contributed by atoms with Crippen molar-refractivity contribution in [3.05, 3.63) is 29.8 Å². The van der Waals surface area contributed by atoms with E-state index in [9.17, 15) is 19.8 Å². The SMILES string of the molecule is CC1CN(CCC(=O)N2CCCC2C(=O)O)CCC1(C)c1cccc(O)c1. The van der Waals surface area contributed by atoms with Crippen LogP contribution in [0.2, 0.25) is 0 Å². The molecule has 148 valence electrons. The summed E-state index contributed by atoms with van der Waals surface area (Å²) in [6.45, 7) is 7.48. The first kappa shape index (κ1) is 19.7. The summed E-state index contributed by atoms with van der Waals surface area (Å²) in [5, 5.41) is 19.1. The third kappa shape index (κ3) is 4.10. The highest BCUT2D eigenvalue weighted by atomic mass is 16.4. The van der Waals surface area contributed by atoms with E-state index >= 15 is 0 Å². The molecule has 0 radical (unpaired) electrons. The summed E-state index contributed by atoms with van der Waals surface area (Å²) in [5.41, 5.74) is 1.16. The minimum absolute atomic E-state index is 0.00258. The molecule has 0 aromatic heterocycles. The van der Waals surface area contributed by atoms with E-state index in [2.05, 4.69) is 24.8 Å². The Hall–Kier alpha value is -2.08. The zero-order valence-electron chi connectivity index (χ0n) is 16.2. The van der Waals surface area contributed by atoms with Crippen LogP contribution in [0.3, 0.4) is 0 Å². The molecule has 3 atom stereocenters. The third-order valence-corrected chi connectivity index (χ3v) is 6.57. The molecule has 6 nitrogen and oxygen atoms in total. The van der Waals surface area contributed by atoms with Gasteiger partial charge in [-0.1, -0.05) is 26.0 Å². The van der Waals surface area contributed by atoms with Gasteiger partial charge in [-0.05, 0) is 54.8 Å². The largest absolute Gasteiger partial charge is 0.508 e. The van der Waals surface area contributed by atoms with Gasteiger partial charge in [0.05, 0.1) is 0 Å². The van der Waals surface area contributed by atoms with Crippen LogP contribution in [0.15, 0.2) is 24.3 Å². The van der Waals surface area contributed by atoms with Gasteiger partial charge in [0.15, 0.2) is 0 Å². The molecule has 2 aliphatic heterocycles. The van der Waals surface area contributed by atoms with Crippen LogP contribution in [-0.2, 0) is 15.0 Å². The molecular formula is C21H30N2O4. The molecule has 2 fully saturated rings. The van der Waals surface area contributed by atoms with Crippen LogP contribution in [0.1, 0.15) is 45.1 Å². The molecule has 0 saturated carbocycles. The van der Waals surface area contributed by atoms with Crippen LogP contribution < -0.4 is 0 Å². The lowest BCUT2D eigenvalue weighted by Gasteiger charge is -2.45. The molecule has 2 aliphatic rings. The van der Waals surface area contributed by atoms with E-state index in [0.717, 1.165) is 31.5 Å². The van der Waals surface area contributed by atoms with Gasteiger partial charge >= 0.3 is 5.97 Å².